The Hall–Kier alpha value is -2.15. The van der Waals surface area contributed by atoms with E-state index in [-0.39, 0.29) is 23.3 Å². The first kappa shape index (κ1) is 22.1. The highest BCUT2D eigenvalue weighted by Crippen LogP contribution is 2.59. The van der Waals surface area contributed by atoms with Crippen LogP contribution in [0.3, 0.4) is 0 Å². The largest absolute Gasteiger partial charge is 0.450 e. The summed E-state index contributed by atoms with van der Waals surface area (Å²) in [6, 6.07) is 4.63. The predicted molar refractivity (Wildman–Crippen MR) is 119 cm³/mol. The van der Waals surface area contributed by atoms with E-state index >= 15 is 0 Å². The van der Waals surface area contributed by atoms with E-state index in [1.165, 1.54) is 5.56 Å². The summed E-state index contributed by atoms with van der Waals surface area (Å²) in [6.45, 7) is 6.77. The Labute approximate surface area is 185 Å². The SMILES string of the molecule is CCOC(=O)N1CCC(N2CCC3(CC2)C[C@@H]3C(=O)NCCCc2ccncc2)CC1. The molecule has 1 aromatic rings. The van der Waals surface area contributed by atoms with Gasteiger partial charge in [0, 0.05) is 44.0 Å². The van der Waals surface area contributed by atoms with Gasteiger partial charge in [-0.15, -0.1) is 0 Å². The van der Waals surface area contributed by atoms with Crippen molar-refractivity contribution in [3.8, 4) is 0 Å². The molecule has 2 aliphatic heterocycles. The second-order valence-corrected chi connectivity index (χ2v) is 9.32. The lowest BCUT2D eigenvalue weighted by Gasteiger charge is -2.42. The number of aryl methyl sites for hydroxylation is 1. The highest BCUT2D eigenvalue weighted by molar-refractivity contribution is 5.82. The Morgan fingerprint density at radius 2 is 1.87 bits per heavy atom. The molecule has 0 unspecified atom stereocenters. The molecular formula is C24H36N4O3. The maximum Gasteiger partial charge on any atom is 0.409 e. The van der Waals surface area contributed by atoms with Crippen LogP contribution in [0.1, 0.15) is 51.0 Å². The minimum absolute atomic E-state index is 0.175. The summed E-state index contributed by atoms with van der Waals surface area (Å²) < 4.78 is 5.12. The molecule has 3 fully saturated rings. The summed E-state index contributed by atoms with van der Waals surface area (Å²) in [6.07, 6.45) is 10.7. The molecule has 31 heavy (non-hydrogen) atoms. The molecule has 1 atom stereocenters. The van der Waals surface area contributed by atoms with E-state index in [1.807, 2.05) is 36.4 Å². The van der Waals surface area contributed by atoms with Gasteiger partial charge in [-0.25, -0.2) is 4.79 Å². The van der Waals surface area contributed by atoms with Gasteiger partial charge < -0.3 is 19.9 Å². The molecule has 3 heterocycles. The molecule has 2 saturated heterocycles. The Kier molecular flexibility index (Phi) is 7.10. The van der Waals surface area contributed by atoms with Gasteiger partial charge in [0.1, 0.15) is 0 Å². The van der Waals surface area contributed by atoms with Crippen LogP contribution in [0.25, 0.3) is 0 Å². The number of rotatable bonds is 7. The minimum Gasteiger partial charge on any atom is -0.450 e. The van der Waals surface area contributed by atoms with Gasteiger partial charge >= 0.3 is 6.09 Å². The lowest BCUT2D eigenvalue weighted by Crippen LogP contribution is -2.49. The molecule has 0 bridgehead atoms. The van der Waals surface area contributed by atoms with Gasteiger partial charge in [-0.1, -0.05) is 0 Å². The number of amides is 2. The predicted octanol–water partition coefficient (Wildman–Crippen LogP) is 2.85. The highest BCUT2D eigenvalue weighted by atomic mass is 16.6. The summed E-state index contributed by atoms with van der Waals surface area (Å²) in [4.78, 5) is 33.0. The molecule has 0 radical (unpaired) electrons. The number of piperidine rings is 2. The van der Waals surface area contributed by atoms with Crippen molar-refractivity contribution in [2.75, 3.05) is 39.3 Å². The van der Waals surface area contributed by atoms with E-state index < -0.39 is 0 Å². The lowest BCUT2D eigenvalue weighted by molar-refractivity contribution is -0.123. The van der Waals surface area contributed by atoms with Crippen LogP contribution in [-0.2, 0) is 16.0 Å². The van der Waals surface area contributed by atoms with Crippen molar-refractivity contribution < 1.29 is 14.3 Å². The molecule has 170 valence electrons. The fourth-order valence-corrected chi connectivity index (χ4v) is 5.41. The zero-order chi connectivity index (χ0) is 21.7. The number of aromatic nitrogens is 1. The quantitative estimate of drug-likeness (QED) is 0.676. The summed E-state index contributed by atoms with van der Waals surface area (Å²) >= 11 is 0. The normalized spacial score (nSPS) is 23.5. The number of nitrogens with zero attached hydrogens (tertiary/aromatic N) is 3. The fraction of sp³-hybridized carbons (Fsp3) is 0.708. The number of hydrogen-bond acceptors (Lipinski definition) is 5. The summed E-state index contributed by atoms with van der Waals surface area (Å²) in [5.74, 6) is 0.465. The number of ether oxygens (including phenoxy) is 1. The first-order valence-electron chi connectivity index (χ1n) is 11.9. The average Bonchev–Trinajstić information content (AvgIpc) is 3.51. The van der Waals surface area contributed by atoms with E-state index in [9.17, 15) is 9.59 Å². The Morgan fingerprint density at radius 3 is 2.55 bits per heavy atom. The van der Waals surface area contributed by atoms with Crippen molar-refractivity contribution in [1.29, 1.82) is 0 Å². The number of likely N-dealkylation sites (tertiary alicyclic amines) is 2. The van der Waals surface area contributed by atoms with Gasteiger partial charge in [-0.2, -0.15) is 0 Å². The summed E-state index contributed by atoms with van der Waals surface area (Å²) in [5, 5.41) is 3.17. The van der Waals surface area contributed by atoms with Crippen LogP contribution in [0.4, 0.5) is 4.79 Å². The van der Waals surface area contributed by atoms with Crippen LogP contribution in [0.15, 0.2) is 24.5 Å². The van der Waals surface area contributed by atoms with Gasteiger partial charge in [-0.05, 0) is 88.1 Å². The third-order valence-electron chi connectivity index (χ3n) is 7.50. The van der Waals surface area contributed by atoms with E-state index in [1.54, 1.807) is 0 Å². The van der Waals surface area contributed by atoms with Gasteiger partial charge in [-0.3, -0.25) is 9.78 Å². The molecular weight excluding hydrogens is 392 g/mol. The van der Waals surface area contributed by atoms with Crippen molar-refractivity contribution >= 4 is 12.0 Å². The fourth-order valence-electron chi connectivity index (χ4n) is 5.41. The van der Waals surface area contributed by atoms with Gasteiger partial charge in [0.25, 0.3) is 0 Å². The van der Waals surface area contributed by atoms with Crippen molar-refractivity contribution in [2.45, 2.75) is 57.9 Å². The van der Waals surface area contributed by atoms with Crippen molar-refractivity contribution in [3.05, 3.63) is 30.1 Å². The molecule has 7 nitrogen and oxygen atoms in total. The summed E-state index contributed by atoms with van der Waals surface area (Å²) in [5.41, 5.74) is 1.52. The average molecular weight is 429 g/mol. The Morgan fingerprint density at radius 1 is 1.16 bits per heavy atom. The van der Waals surface area contributed by atoms with Gasteiger partial charge in [0.2, 0.25) is 5.91 Å². The first-order chi connectivity index (χ1) is 15.1. The zero-order valence-corrected chi connectivity index (χ0v) is 18.7. The van der Waals surface area contributed by atoms with Gasteiger partial charge in [0.15, 0.2) is 0 Å². The topological polar surface area (TPSA) is 74.8 Å². The van der Waals surface area contributed by atoms with Crippen LogP contribution in [0.5, 0.6) is 0 Å². The van der Waals surface area contributed by atoms with Crippen LogP contribution >= 0.6 is 0 Å². The smallest absolute Gasteiger partial charge is 0.409 e. The standard InChI is InChI=1S/C24H36N4O3/c1-2-31-23(30)28-14-7-20(8-15-28)27-16-9-24(10-17-27)18-21(24)22(29)26-11-3-4-19-5-12-25-13-6-19/h5-6,12-13,20-21H,2-4,7-11,14-18H2,1H3,(H,26,29)/t21-/m1/s1. The van der Waals surface area contributed by atoms with Gasteiger partial charge in [0.05, 0.1) is 6.61 Å². The number of nitrogens with one attached hydrogen (secondary N) is 1. The van der Waals surface area contributed by atoms with Crippen molar-refractivity contribution in [3.63, 3.8) is 0 Å². The number of carbonyl (C=O) groups excluding carboxylic acids is 2. The molecule has 2 amide bonds. The second kappa shape index (κ2) is 9.98. The highest BCUT2D eigenvalue weighted by Gasteiger charge is 2.58. The molecule has 0 aromatic carbocycles. The van der Waals surface area contributed by atoms with E-state index in [2.05, 4.69) is 15.2 Å². The van der Waals surface area contributed by atoms with Crippen LogP contribution in [-0.4, -0.2) is 72.2 Å². The van der Waals surface area contributed by atoms with E-state index in [4.69, 9.17) is 4.74 Å². The molecule has 1 N–H and O–H groups in total. The van der Waals surface area contributed by atoms with Crippen LogP contribution in [0.2, 0.25) is 0 Å². The zero-order valence-electron chi connectivity index (χ0n) is 18.7. The molecule has 3 aliphatic rings. The van der Waals surface area contributed by atoms with Crippen molar-refractivity contribution in [2.24, 2.45) is 11.3 Å². The summed E-state index contributed by atoms with van der Waals surface area (Å²) in [7, 11) is 0. The molecule has 7 heteroatoms. The number of carbonyl (C=O) groups is 2. The van der Waals surface area contributed by atoms with E-state index in [0.29, 0.717) is 12.6 Å². The van der Waals surface area contributed by atoms with Crippen molar-refractivity contribution in [1.82, 2.24) is 20.1 Å². The third-order valence-corrected chi connectivity index (χ3v) is 7.50. The minimum atomic E-state index is -0.175. The lowest BCUT2D eigenvalue weighted by atomic mass is 9.88. The second-order valence-electron chi connectivity index (χ2n) is 9.32. The molecule has 1 saturated carbocycles. The number of hydrogen-bond donors (Lipinski definition) is 1. The monoisotopic (exact) mass is 428 g/mol. The molecule has 1 aliphatic carbocycles. The maximum atomic E-state index is 12.6. The maximum absolute atomic E-state index is 12.6. The molecule has 1 spiro atoms. The molecule has 1 aromatic heterocycles. The van der Waals surface area contributed by atoms with E-state index in [0.717, 1.165) is 77.7 Å². The van der Waals surface area contributed by atoms with Crippen LogP contribution < -0.4 is 5.32 Å². The van der Waals surface area contributed by atoms with Crippen LogP contribution in [0, 0.1) is 11.3 Å². The third kappa shape index (κ3) is 5.37. The molecule has 4 rings (SSSR count). The number of pyridine rings is 1. The Balaban J connectivity index is 1.14. The first-order valence-corrected chi connectivity index (χ1v) is 11.9. The Bertz CT molecular complexity index is 740.